The summed E-state index contributed by atoms with van der Waals surface area (Å²) in [4.78, 5) is 26.2. The van der Waals surface area contributed by atoms with E-state index in [0.717, 1.165) is 28.6 Å². The number of alkyl halides is 2. The summed E-state index contributed by atoms with van der Waals surface area (Å²) >= 11 is 0. The van der Waals surface area contributed by atoms with Crippen molar-refractivity contribution >= 4 is 22.7 Å². The number of ether oxygens (including phenoxy) is 1. The number of carbonyl (C=O) groups excluding carboxylic acids is 2. The van der Waals surface area contributed by atoms with Crippen LogP contribution in [-0.2, 0) is 17.6 Å². The van der Waals surface area contributed by atoms with Crippen molar-refractivity contribution in [1.29, 1.82) is 0 Å². The summed E-state index contributed by atoms with van der Waals surface area (Å²) in [5.74, 6) is -0.856. The van der Waals surface area contributed by atoms with E-state index < -0.39 is 12.3 Å². The first-order valence-electron chi connectivity index (χ1n) is 7.59. The van der Waals surface area contributed by atoms with Crippen LogP contribution in [-0.4, -0.2) is 43.4 Å². The highest BCUT2D eigenvalue weighted by atomic mass is 19.3. The second-order valence-electron chi connectivity index (χ2n) is 5.50. The van der Waals surface area contributed by atoms with Gasteiger partial charge in [0.1, 0.15) is 11.4 Å². The highest BCUT2D eigenvalue weighted by Crippen LogP contribution is 2.33. The van der Waals surface area contributed by atoms with Crippen molar-refractivity contribution in [3.05, 3.63) is 29.0 Å². The predicted molar refractivity (Wildman–Crippen MR) is 83.6 cm³/mol. The molecule has 1 aromatic carbocycles. The Morgan fingerprint density at radius 2 is 2.17 bits per heavy atom. The summed E-state index contributed by atoms with van der Waals surface area (Å²) in [6.07, 6.45) is -2.00. The molecule has 24 heavy (non-hydrogen) atoms. The molecule has 1 aliphatic rings. The number of carbonyl (C=O) groups is 2. The minimum absolute atomic E-state index is 0.0120. The third kappa shape index (κ3) is 2.91. The van der Waals surface area contributed by atoms with Crippen LogP contribution in [0.4, 0.5) is 8.78 Å². The van der Waals surface area contributed by atoms with Gasteiger partial charge in [-0.3, -0.25) is 9.59 Å². The number of fused-ring (bicyclic) bond motifs is 2. The molecule has 2 heterocycles. The summed E-state index contributed by atoms with van der Waals surface area (Å²) < 4.78 is 30.1. The van der Waals surface area contributed by atoms with Gasteiger partial charge in [-0.1, -0.05) is 0 Å². The third-order valence-corrected chi connectivity index (χ3v) is 4.04. The van der Waals surface area contributed by atoms with Crippen LogP contribution in [0.15, 0.2) is 12.1 Å². The summed E-state index contributed by atoms with van der Waals surface area (Å²) in [7, 11) is 1.51. The minimum Gasteiger partial charge on any atom is -0.493 e. The van der Waals surface area contributed by atoms with Crippen LogP contribution in [0, 0.1) is 0 Å². The molecule has 3 rings (SSSR count). The molecule has 0 unspecified atom stereocenters. The molecule has 1 aromatic heterocycles. The van der Waals surface area contributed by atoms with Crippen molar-refractivity contribution < 1.29 is 23.1 Å². The number of amides is 2. The third-order valence-electron chi connectivity index (χ3n) is 4.04. The predicted octanol–water partition coefficient (Wildman–Crippen LogP) is 1.39. The molecule has 0 fully saturated rings. The number of hydrogen-bond acceptors (Lipinski definition) is 3. The zero-order valence-electron chi connectivity index (χ0n) is 13.0. The molecule has 0 atom stereocenters. The van der Waals surface area contributed by atoms with E-state index in [4.69, 9.17) is 4.74 Å². The lowest BCUT2D eigenvalue weighted by Crippen LogP contribution is -2.31. The first-order chi connectivity index (χ1) is 11.5. The van der Waals surface area contributed by atoms with Crippen LogP contribution in [0.3, 0.4) is 0 Å². The molecule has 0 aliphatic carbocycles. The standard InChI is InChI=1S/C16H17F2N3O3/c1-19-15(22)13-9(2-4-20-16(23)14(17)18)10-7-12-8(3-5-24-12)6-11(10)21-13/h6-7,14,21H,2-5H2,1H3,(H,19,22)(H,20,23). The summed E-state index contributed by atoms with van der Waals surface area (Å²) in [6.45, 7) is 0.627. The van der Waals surface area contributed by atoms with Crippen LogP contribution in [0.25, 0.3) is 10.9 Å². The number of halogens is 2. The van der Waals surface area contributed by atoms with Crippen molar-refractivity contribution in [3.63, 3.8) is 0 Å². The molecule has 6 nitrogen and oxygen atoms in total. The van der Waals surface area contributed by atoms with E-state index in [-0.39, 0.29) is 18.9 Å². The van der Waals surface area contributed by atoms with Crippen molar-refractivity contribution in [3.8, 4) is 5.75 Å². The Labute approximate surface area is 136 Å². The molecular formula is C16H17F2N3O3. The second-order valence-corrected chi connectivity index (χ2v) is 5.50. The smallest absolute Gasteiger partial charge is 0.315 e. The van der Waals surface area contributed by atoms with Gasteiger partial charge in [0.2, 0.25) is 0 Å². The molecule has 128 valence electrons. The van der Waals surface area contributed by atoms with Crippen LogP contribution < -0.4 is 15.4 Å². The summed E-state index contributed by atoms with van der Waals surface area (Å²) in [5, 5.41) is 5.50. The van der Waals surface area contributed by atoms with Crippen molar-refractivity contribution in [2.75, 3.05) is 20.2 Å². The second kappa shape index (κ2) is 6.46. The van der Waals surface area contributed by atoms with Crippen molar-refractivity contribution in [2.45, 2.75) is 19.3 Å². The molecule has 8 heteroatoms. The van der Waals surface area contributed by atoms with E-state index in [1.807, 2.05) is 12.1 Å². The lowest BCUT2D eigenvalue weighted by atomic mass is 10.0. The van der Waals surface area contributed by atoms with Gasteiger partial charge in [-0.15, -0.1) is 0 Å². The molecule has 0 bridgehead atoms. The largest absolute Gasteiger partial charge is 0.493 e. The van der Waals surface area contributed by atoms with E-state index in [0.29, 0.717) is 17.9 Å². The first-order valence-corrected chi connectivity index (χ1v) is 7.59. The van der Waals surface area contributed by atoms with E-state index in [1.165, 1.54) is 7.05 Å². The van der Waals surface area contributed by atoms with Crippen LogP contribution in [0.1, 0.15) is 21.6 Å². The number of aromatic amines is 1. The number of rotatable bonds is 5. The zero-order chi connectivity index (χ0) is 17.3. The Kier molecular flexibility index (Phi) is 4.37. The molecular weight excluding hydrogens is 320 g/mol. The molecule has 1 aliphatic heterocycles. The van der Waals surface area contributed by atoms with Gasteiger partial charge in [-0.2, -0.15) is 8.78 Å². The normalized spacial score (nSPS) is 13.0. The molecule has 0 radical (unpaired) electrons. The summed E-state index contributed by atoms with van der Waals surface area (Å²) in [5.41, 5.74) is 2.87. The highest BCUT2D eigenvalue weighted by Gasteiger charge is 2.21. The molecule has 3 N–H and O–H groups in total. The van der Waals surface area contributed by atoms with Gasteiger partial charge in [0, 0.05) is 30.9 Å². The van der Waals surface area contributed by atoms with Crippen molar-refractivity contribution in [2.24, 2.45) is 0 Å². The number of hydrogen-bond donors (Lipinski definition) is 3. The summed E-state index contributed by atoms with van der Waals surface area (Å²) in [6, 6.07) is 3.79. The van der Waals surface area contributed by atoms with Gasteiger partial charge in [-0.05, 0) is 29.7 Å². The molecule has 2 amide bonds. The molecule has 0 saturated heterocycles. The van der Waals surface area contributed by atoms with Gasteiger partial charge in [-0.25, -0.2) is 0 Å². The first kappa shape index (κ1) is 16.2. The van der Waals surface area contributed by atoms with Gasteiger partial charge in [0.05, 0.1) is 6.61 Å². The van der Waals surface area contributed by atoms with E-state index in [2.05, 4.69) is 15.6 Å². The van der Waals surface area contributed by atoms with Crippen LogP contribution >= 0.6 is 0 Å². The number of aromatic nitrogens is 1. The maximum atomic E-state index is 12.3. The van der Waals surface area contributed by atoms with E-state index in [9.17, 15) is 18.4 Å². The van der Waals surface area contributed by atoms with Crippen LogP contribution in [0.5, 0.6) is 5.75 Å². The van der Waals surface area contributed by atoms with E-state index in [1.54, 1.807) is 0 Å². The Morgan fingerprint density at radius 3 is 2.88 bits per heavy atom. The van der Waals surface area contributed by atoms with Crippen LogP contribution in [0.2, 0.25) is 0 Å². The monoisotopic (exact) mass is 337 g/mol. The molecule has 2 aromatic rings. The fourth-order valence-electron chi connectivity index (χ4n) is 2.89. The van der Waals surface area contributed by atoms with Gasteiger partial charge >= 0.3 is 6.43 Å². The van der Waals surface area contributed by atoms with Crippen molar-refractivity contribution in [1.82, 2.24) is 15.6 Å². The Bertz CT molecular complexity index is 801. The number of benzene rings is 1. The van der Waals surface area contributed by atoms with Gasteiger partial charge in [0.25, 0.3) is 11.8 Å². The number of nitrogens with one attached hydrogen (secondary N) is 3. The number of H-pyrrole nitrogens is 1. The fourth-order valence-corrected chi connectivity index (χ4v) is 2.89. The zero-order valence-corrected chi connectivity index (χ0v) is 13.0. The lowest BCUT2D eigenvalue weighted by Gasteiger charge is -2.06. The van der Waals surface area contributed by atoms with Gasteiger partial charge < -0.3 is 20.4 Å². The van der Waals surface area contributed by atoms with Gasteiger partial charge in [0.15, 0.2) is 0 Å². The minimum atomic E-state index is -3.05. The topological polar surface area (TPSA) is 83.2 Å². The average Bonchev–Trinajstić information content (AvgIpc) is 3.15. The Hall–Kier alpha value is -2.64. The maximum Gasteiger partial charge on any atom is 0.315 e. The molecule has 0 saturated carbocycles. The molecule has 0 spiro atoms. The Balaban J connectivity index is 1.93. The Morgan fingerprint density at radius 1 is 1.38 bits per heavy atom. The quantitative estimate of drug-likeness (QED) is 0.771. The lowest BCUT2D eigenvalue weighted by molar-refractivity contribution is -0.131. The fraction of sp³-hybridized carbons (Fsp3) is 0.375. The average molecular weight is 337 g/mol. The SMILES string of the molecule is CNC(=O)c1[nH]c2cc3c(cc2c1CCNC(=O)C(F)F)OCC3. The van der Waals surface area contributed by atoms with E-state index >= 15 is 0 Å². The highest BCUT2D eigenvalue weighted by molar-refractivity contribution is 6.01. The maximum absolute atomic E-state index is 12.3.